The van der Waals surface area contributed by atoms with E-state index in [4.69, 9.17) is 11.6 Å². The molecular formula is C14H17Cl. The Morgan fingerprint density at radius 2 is 2.07 bits per heavy atom. The molecule has 1 aromatic rings. The van der Waals surface area contributed by atoms with Crippen LogP contribution >= 0.6 is 11.6 Å². The number of halogens is 1. The first-order valence-electron chi connectivity index (χ1n) is 5.55. The minimum atomic E-state index is 0.270. The van der Waals surface area contributed by atoms with E-state index in [-0.39, 0.29) is 5.38 Å². The highest BCUT2D eigenvalue weighted by atomic mass is 35.5. The summed E-state index contributed by atoms with van der Waals surface area (Å²) in [7, 11) is 0. The summed E-state index contributed by atoms with van der Waals surface area (Å²) in [4.78, 5) is 0. The minimum Gasteiger partial charge on any atom is -0.118 e. The summed E-state index contributed by atoms with van der Waals surface area (Å²) in [5.41, 5.74) is 5.66. The van der Waals surface area contributed by atoms with Gasteiger partial charge in [-0.05, 0) is 49.8 Å². The van der Waals surface area contributed by atoms with Crippen molar-refractivity contribution >= 4 is 11.6 Å². The van der Waals surface area contributed by atoms with E-state index >= 15 is 0 Å². The molecule has 1 atom stereocenters. The quantitative estimate of drug-likeness (QED) is 0.518. The molecule has 0 heterocycles. The molecule has 0 spiro atoms. The van der Waals surface area contributed by atoms with Crippen LogP contribution in [0.3, 0.4) is 0 Å². The molecule has 0 amide bonds. The zero-order valence-corrected chi connectivity index (χ0v) is 10.1. The van der Waals surface area contributed by atoms with E-state index in [0.29, 0.717) is 0 Å². The average Bonchev–Trinajstić information content (AvgIpc) is 2.58. The van der Waals surface area contributed by atoms with Gasteiger partial charge in [0.15, 0.2) is 0 Å². The normalized spacial score (nSPS) is 20.5. The minimum absolute atomic E-state index is 0.270. The van der Waals surface area contributed by atoms with Gasteiger partial charge in [-0.15, -0.1) is 11.6 Å². The van der Waals surface area contributed by atoms with Crippen LogP contribution in [-0.4, -0.2) is 5.38 Å². The summed E-state index contributed by atoms with van der Waals surface area (Å²) < 4.78 is 0. The van der Waals surface area contributed by atoms with Crippen molar-refractivity contribution in [1.82, 2.24) is 0 Å². The lowest BCUT2D eigenvalue weighted by molar-refractivity contribution is 0.891. The van der Waals surface area contributed by atoms with Gasteiger partial charge < -0.3 is 0 Å². The predicted octanol–water partition coefficient (Wildman–Crippen LogP) is 4.17. The molecule has 0 saturated heterocycles. The third kappa shape index (κ3) is 2.63. The van der Waals surface area contributed by atoms with Crippen molar-refractivity contribution < 1.29 is 0 Å². The summed E-state index contributed by atoms with van der Waals surface area (Å²) in [5, 5.41) is 0.270. The Hall–Kier alpha value is -0.750. The van der Waals surface area contributed by atoms with Crippen LogP contribution in [0.5, 0.6) is 0 Å². The number of allylic oxidation sites excluding steroid dienone is 2. The third-order valence-electron chi connectivity index (χ3n) is 3.16. The molecule has 0 fully saturated rings. The summed E-state index contributed by atoms with van der Waals surface area (Å²) in [6, 6.07) is 6.72. The lowest BCUT2D eigenvalue weighted by atomic mass is 10.0. The van der Waals surface area contributed by atoms with E-state index in [2.05, 4.69) is 38.1 Å². The van der Waals surface area contributed by atoms with Crippen molar-refractivity contribution in [2.75, 3.05) is 0 Å². The molecule has 0 aliphatic heterocycles. The molecule has 15 heavy (non-hydrogen) atoms. The fraction of sp³-hybridized carbons (Fsp3) is 0.429. The lowest BCUT2D eigenvalue weighted by Gasteiger charge is -2.05. The maximum Gasteiger partial charge on any atom is 0.0521 e. The third-order valence-corrected chi connectivity index (χ3v) is 3.50. The standard InChI is InChI=1S/C14H17Cl/c1-10-3-4-12(7-11(10)2)8-13-5-6-14(15)9-13/h3-4,7,9,14H,5-6,8H2,1-2H3. The van der Waals surface area contributed by atoms with Gasteiger partial charge >= 0.3 is 0 Å². The maximum atomic E-state index is 6.05. The van der Waals surface area contributed by atoms with Crippen molar-refractivity contribution in [3.8, 4) is 0 Å². The Labute approximate surface area is 97.0 Å². The number of alkyl halides is 1. The van der Waals surface area contributed by atoms with Crippen LogP contribution in [-0.2, 0) is 6.42 Å². The molecule has 1 aromatic carbocycles. The number of aryl methyl sites for hydroxylation is 2. The SMILES string of the molecule is Cc1ccc(CC2=CC(Cl)CC2)cc1C. The van der Waals surface area contributed by atoms with Crippen LogP contribution in [0.15, 0.2) is 29.8 Å². The fourth-order valence-electron chi connectivity index (χ4n) is 2.07. The molecule has 1 aliphatic rings. The van der Waals surface area contributed by atoms with Gasteiger partial charge in [-0.1, -0.05) is 29.8 Å². The lowest BCUT2D eigenvalue weighted by Crippen LogP contribution is -1.90. The van der Waals surface area contributed by atoms with Gasteiger partial charge in [-0.2, -0.15) is 0 Å². The zero-order chi connectivity index (χ0) is 10.8. The zero-order valence-electron chi connectivity index (χ0n) is 9.39. The number of hydrogen-bond donors (Lipinski definition) is 0. The van der Waals surface area contributed by atoms with Gasteiger partial charge in [0.1, 0.15) is 0 Å². The summed E-state index contributed by atoms with van der Waals surface area (Å²) in [6.45, 7) is 4.33. The molecule has 2 rings (SSSR count). The van der Waals surface area contributed by atoms with Gasteiger partial charge in [0.05, 0.1) is 5.38 Å². The molecule has 1 aliphatic carbocycles. The molecule has 0 saturated carbocycles. The Kier molecular flexibility index (Phi) is 3.16. The molecule has 0 radical (unpaired) electrons. The second-order valence-electron chi connectivity index (χ2n) is 4.47. The van der Waals surface area contributed by atoms with Gasteiger partial charge in [0.2, 0.25) is 0 Å². The predicted molar refractivity (Wildman–Crippen MR) is 66.6 cm³/mol. The van der Waals surface area contributed by atoms with E-state index in [9.17, 15) is 0 Å². The van der Waals surface area contributed by atoms with E-state index in [0.717, 1.165) is 12.8 Å². The molecule has 1 heteroatoms. The van der Waals surface area contributed by atoms with E-state index in [1.807, 2.05) is 0 Å². The second kappa shape index (κ2) is 4.40. The van der Waals surface area contributed by atoms with Crippen LogP contribution in [0.2, 0.25) is 0 Å². The van der Waals surface area contributed by atoms with Crippen LogP contribution in [0.1, 0.15) is 29.5 Å². The molecule has 80 valence electrons. The van der Waals surface area contributed by atoms with Gasteiger partial charge in [-0.3, -0.25) is 0 Å². The van der Waals surface area contributed by atoms with Crippen LogP contribution in [0.4, 0.5) is 0 Å². The van der Waals surface area contributed by atoms with Gasteiger partial charge in [0.25, 0.3) is 0 Å². The highest BCUT2D eigenvalue weighted by molar-refractivity contribution is 6.22. The van der Waals surface area contributed by atoms with E-state index in [1.165, 1.54) is 28.7 Å². The molecule has 0 nitrogen and oxygen atoms in total. The Morgan fingerprint density at radius 1 is 1.27 bits per heavy atom. The van der Waals surface area contributed by atoms with Crippen molar-refractivity contribution in [3.63, 3.8) is 0 Å². The molecule has 1 unspecified atom stereocenters. The van der Waals surface area contributed by atoms with E-state index in [1.54, 1.807) is 0 Å². The van der Waals surface area contributed by atoms with Crippen molar-refractivity contribution in [2.24, 2.45) is 0 Å². The largest absolute Gasteiger partial charge is 0.118 e. The second-order valence-corrected chi connectivity index (χ2v) is 5.04. The molecular weight excluding hydrogens is 204 g/mol. The summed E-state index contributed by atoms with van der Waals surface area (Å²) in [5.74, 6) is 0. The highest BCUT2D eigenvalue weighted by Crippen LogP contribution is 2.26. The Bertz CT molecular complexity index is 390. The Morgan fingerprint density at radius 3 is 2.67 bits per heavy atom. The topological polar surface area (TPSA) is 0 Å². The smallest absolute Gasteiger partial charge is 0.0521 e. The average molecular weight is 221 g/mol. The fourth-order valence-corrected chi connectivity index (χ4v) is 2.36. The number of rotatable bonds is 2. The van der Waals surface area contributed by atoms with E-state index < -0.39 is 0 Å². The molecule has 0 aromatic heterocycles. The highest BCUT2D eigenvalue weighted by Gasteiger charge is 2.13. The van der Waals surface area contributed by atoms with Crippen molar-refractivity contribution in [2.45, 2.75) is 38.5 Å². The molecule has 0 N–H and O–H groups in total. The number of hydrogen-bond acceptors (Lipinski definition) is 0. The van der Waals surface area contributed by atoms with Crippen molar-refractivity contribution in [1.29, 1.82) is 0 Å². The summed E-state index contributed by atoms with van der Waals surface area (Å²) >= 11 is 6.05. The van der Waals surface area contributed by atoms with Gasteiger partial charge in [0, 0.05) is 0 Å². The number of benzene rings is 1. The van der Waals surface area contributed by atoms with Crippen LogP contribution in [0, 0.1) is 13.8 Å². The Balaban J connectivity index is 2.11. The molecule has 0 bridgehead atoms. The van der Waals surface area contributed by atoms with Crippen molar-refractivity contribution in [3.05, 3.63) is 46.5 Å². The van der Waals surface area contributed by atoms with Gasteiger partial charge in [-0.25, -0.2) is 0 Å². The first kappa shape index (κ1) is 10.8. The van der Waals surface area contributed by atoms with Crippen LogP contribution in [0.25, 0.3) is 0 Å². The summed E-state index contributed by atoms with van der Waals surface area (Å²) in [6.07, 6.45) is 5.57. The monoisotopic (exact) mass is 220 g/mol. The first-order chi connectivity index (χ1) is 7.15. The first-order valence-corrected chi connectivity index (χ1v) is 5.98. The van der Waals surface area contributed by atoms with Crippen LogP contribution < -0.4 is 0 Å². The maximum absolute atomic E-state index is 6.05.